The molecule has 2 rings (SSSR count). The van der Waals surface area contributed by atoms with E-state index < -0.39 is 0 Å². The minimum Gasteiger partial charge on any atom is -0.397 e. The quantitative estimate of drug-likeness (QED) is 0.793. The number of hydrogen-bond acceptors (Lipinski definition) is 3. The average molecular weight is 238 g/mol. The topological polar surface area (TPSA) is 47.3 Å². The zero-order valence-corrected chi connectivity index (χ0v) is 10.3. The monoisotopic (exact) mass is 238 g/mol. The smallest absolute Gasteiger partial charge is 0.128 e. The summed E-state index contributed by atoms with van der Waals surface area (Å²) in [5, 5.41) is 3.33. The van der Waals surface area contributed by atoms with Gasteiger partial charge in [-0.15, -0.1) is 0 Å². The van der Waals surface area contributed by atoms with Crippen LogP contribution < -0.4 is 11.1 Å². The molecule has 1 fully saturated rings. The predicted molar refractivity (Wildman–Crippen MR) is 67.6 cm³/mol. The number of nitrogen functional groups attached to an aromatic ring is 1. The van der Waals surface area contributed by atoms with E-state index in [-0.39, 0.29) is 5.82 Å². The molecular formula is C13H19FN2O. The van der Waals surface area contributed by atoms with E-state index in [0.29, 0.717) is 23.4 Å². The Balaban J connectivity index is 1.94. The number of benzene rings is 1. The Kier molecular flexibility index (Phi) is 3.52. The van der Waals surface area contributed by atoms with E-state index in [9.17, 15) is 4.39 Å². The van der Waals surface area contributed by atoms with E-state index in [0.717, 1.165) is 25.1 Å². The van der Waals surface area contributed by atoms with Crippen molar-refractivity contribution >= 4 is 11.4 Å². The van der Waals surface area contributed by atoms with Gasteiger partial charge >= 0.3 is 0 Å². The van der Waals surface area contributed by atoms with Gasteiger partial charge in [0.15, 0.2) is 0 Å². The number of rotatable bonds is 4. The number of anilines is 2. The van der Waals surface area contributed by atoms with Crippen molar-refractivity contribution in [2.75, 3.05) is 17.7 Å². The summed E-state index contributed by atoms with van der Waals surface area (Å²) in [4.78, 5) is 0. The predicted octanol–water partition coefficient (Wildman–Crippen LogP) is 2.70. The number of nitrogens with two attached hydrogens (primary N) is 1. The first-order valence-corrected chi connectivity index (χ1v) is 6.04. The highest BCUT2D eigenvalue weighted by Gasteiger charge is 2.29. The lowest BCUT2D eigenvalue weighted by Crippen LogP contribution is -2.41. The Hall–Kier alpha value is -1.29. The second-order valence-electron chi connectivity index (χ2n) is 4.58. The van der Waals surface area contributed by atoms with Crippen molar-refractivity contribution in [2.24, 2.45) is 0 Å². The lowest BCUT2D eigenvalue weighted by molar-refractivity contribution is 0.00300. The van der Waals surface area contributed by atoms with E-state index in [1.807, 2.05) is 6.92 Å². The largest absolute Gasteiger partial charge is 0.397 e. The number of ether oxygens (including phenoxy) is 1. The molecule has 1 aromatic carbocycles. The average Bonchev–Trinajstić information content (AvgIpc) is 2.22. The van der Waals surface area contributed by atoms with Gasteiger partial charge in [0.25, 0.3) is 0 Å². The number of aryl methyl sites for hydroxylation is 1. The molecule has 4 heteroatoms. The van der Waals surface area contributed by atoms with E-state index in [1.54, 1.807) is 13.0 Å². The summed E-state index contributed by atoms with van der Waals surface area (Å²) in [6.45, 7) is 4.50. The van der Waals surface area contributed by atoms with Gasteiger partial charge in [-0.05, 0) is 44.4 Å². The molecule has 3 nitrogen and oxygen atoms in total. The maximum absolute atomic E-state index is 13.2. The Morgan fingerprint density at radius 3 is 2.82 bits per heavy atom. The highest BCUT2D eigenvalue weighted by molar-refractivity contribution is 5.67. The first-order valence-electron chi connectivity index (χ1n) is 6.04. The third-order valence-electron chi connectivity index (χ3n) is 3.19. The van der Waals surface area contributed by atoms with E-state index in [4.69, 9.17) is 10.5 Å². The lowest BCUT2D eigenvalue weighted by atomic mass is 9.89. The van der Waals surface area contributed by atoms with Gasteiger partial charge in [0.1, 0.15) is 5.82 Å². The molecule has 0 bridgehead atoms. The third kappa shape index (κ3) is 2.69. The summed E-state index contributed by atoms with van der Waals surface area (Å²) >= 11 is 0. The third-order valence-corrected chi connectivity index (χ3v) is 3.19. The van der Waals surface area contributed by atoms with E-state index in [2.05, 4.69) is 5.32 Å². The standard InChI is InChI=1S/C13H19FN2O/c1-3-17-10-5-9(6-10)16-13-4-8(2)11(14)7-12(13)15/h4,7,9-10,16H,3,5-6,15H2,1-2H3. The van der Waals surface area contributed by atoms with Crippen molar-refractivity contribution in [1.29, 1.82) is 0 Å². The molecule has 94 valence electrons. The van der Waals surface area contributed by atoms with Crippen molar-refractivity contribution in [3.8, 4) is 0 Å². The van der Waals surface area contributed by atoms with Crippen LogP contribution in [0.3, 0.4) is 0 Å². The Bertz CT molecular complexity index is 403. The molecule has 1 aliphatic rings. The fourth-order valence-electron chi connectivity index (χ4n) is 2.10. The van der Waals surface area contributed by atoms with Gasteiger partial charge in [0.05, 0.1) is 17.5 Å². The molecule has 0 radical (unpaired) electrons. The molecule has 0 saturated heterocycles. The summed E-state index contributed by atoms with van der Waals surface area (Å²) < 4.78 is 18.7. The van der Waals surface area contributed by atoms with Crippen LogP contribution in [0.2, 0.25) is 0 Å². The van der Waals surface area contributed by atoms with Crippen molar-refractivity contribution in [3.63, 3.8) is 0 Å². The molecule has 0 aromatic heterocycles. The minimum absolute atomic E-state index is 0.256. The number of nitrogens with one attached hydrogen (secondary N) is 1. The van der Waals surface area contributed by atoms with Gasteiger partial charge in [-0.3, -0.25) is 0 Å². The maximum Gasteiger partial charge on any atom is 0.128 e. The molecule has 17 heavy (non-hydrogen) atoms. The van der Waals surface area contributed by atoms with Gasteiger partial charge in [0, 0.05) is 12.6 Å². The van der Waals surface area contributed by atoms with Crippen LogP contribution in [-0.4, -0.2) is 18.8 Å². The normalized spacial score (nSPS) is 23.2. The molecule has 0 atom stereocenters. The SMILES string of the molecule is CCOC1CC(Nc2cc(C)c(F)cc2N)C1. The van der Waals surface area contributed by atoms with Crippen LogP contribution in [0.5, 0.6) is 0 Å². The zero-order valence-electron chi connectivity index (χ0n) is 10.3. The molecule has 0 aliphatic heterocycles. The molecule has 1 saturated carbocycles. The van der Waals surface area contributed by atoms with Gasteiger partial charge in [0.2, 0.25) is 0 Å². The molecule has 0 spiro atoms. The van der Waals surface area contributed by atoms with Crippen LogP contribution in [0, 0.1) is 12.7 Å². The van der Waals surface area contributed by atoms with Crippen molar-refractivity contribution < 1.29 is 9.13 Å². The molecule has 1 aliphatic carbocycles. The van der Waals surface area contributed by atoms with Gasteiger partial charge in [-0.2, -0.15) is 0 Å². The molecular weight excluding hydrogens is 219 g/mol. The maximum atomic E-state index is 13.2. The van der Waals surface area contributed by atoms with Gasteiger partial charge in [-0.1, -0.05) is 0 Å². The van der Waals surface area contributed by atoms with Crippen LogP contribution in [0.15, 0.2) is 12.1 Å². The Labute approximate surface area is 101 Å². The Morgan fingerprint density at radius 1 is 1.47 bits per heavy atom. The molecule has 1 aromatic rings. The highest BCUT2D eigenvalue weighted by Crippen LogP contribution is 2.30. The fraction of sp³-hybridized carbons (Fsp3) is 0.538. The van der Waals surface area contributed by atoms with E-state index >= 15 is 0 Å². The van der Waals surface area contributed by atoms with Crippen LogP contribution in [0.4, 0.5) is 15.8 Å². The molecule has 0 unspecified atom stereocenters. The fourth-order valence-corrected chi connectivity index (χ4v) is 2.10. The van der Waals surface area contributed by atoms with Crippen LogP contribution >= 0.6 is 0 Å². The summed E-state index contributed by atoms with van der Waals surface area (Å²) in [7, 11) is 0. The lowest BCUT2D eigenvalue weighted by Gasteiger charge is -2.36. The summed E-state index contributed by atoms with van der Waals surface area (Å²) in [5.41, 5.74) is 7.68. The second kappa shape index (κ2) is 4.92. The van der Waals surface area contributed by atoms with Crippen LogP contribution in [0.1, 0.15) is 25.3 Å². The first-order chi connectivity index (χ1) is 8.10. The van der Waals surface area contributed by atoms with Crippen molar-refractivity contribution in [3.05, 3.63) is 23.5 Å². The summed E-state index contributed by atoms with van der Waals surface area (Å²) in [6, 6.07) is 3.52. The van der Waals surface area contributed by atoms with Gasteiger partial charge in [-0.25, -0.2) is 4.39 Å². The van der Waals surface area contributed by atoms with Crippen LogP contribution in [0.25, 0.3) is 0 Å². The van der Waals surface area contributed by atoms with Crippen molar-refractivity contribution in [2.45, 2.75) is 38.8 Å². The molecule has 0 amide bonds. The minimum atomic E-state index is -0.256. The van der Waals surface area contributed by atoms with Crippen molar-refractivity contribution in [1.82, 2.24) is 0 Å². The van der Waals surface area contributed by atoms with Crippen LogP contribution in [-0.2, 0) is 4.74 Å². The highest BCUT2D eigenvalue weighted by atomic mass is 19.1. The van der Waals surface area contributed by atoms with Gasteiger partial charge < -0.3 is 15.8 Å². The Morgan fingerprint density at radius 2 is 2.18 bits per heavy atom. The number of hydrogen-bond donors (Lipinski definition) is 2. The summed E-state index contributed by atoms with van der Waals surface area (Å²) in [5.74, 6) is -0.256. The summed E-state index contributed by atoms with van der Waals surface area (Å²) in [6.07, 6.45) is 2.34. The first kappa shape index (κ1) is 12.2. The zero-order chi connectivity index (χ0) is 12.4. The van der Waals surface area contributed by atoms with E-state index in [1.165, 1.54) is 6.07 Å². The number of halogens is 1. The second-order valence-corrected chi connectivity index (χ2v) is 4.58. The molecule has 3 N–H and O–H groups in total. The molecule has 0 heterocycles.